The lowest BCUT2D eigenvalue weighted by molar-refractivity contribution is -0.253. The van der Waals surface area contributed by atoms with Crippen molar-refractivity contribution in [3.05, 3.63) is 17.2 Å². The molecule has 0 spiro atoms. The first-order valence-electron chi connectivity index (χ1n) is 6.87. The van der Waals surface area contributed by atoms with Gasteiger partial charge in [0.25, 0.3) is 0 Å². The van der Waals surface area contributed by atoms with Gasteiger partial charge in [-0.3, -0.25) is 0 Å². The third-order valence-electron chi connectivity index (χ3n) is 4.06. The number of aromatic hydroxyl groups is 2. The number of carboxylic acid groups (broad SMARTS) is 1. The Kier molecular flexibility index (Phi) is 4.87. The minimum Gasteiger partial charge on any atom is -0.506 e. The summed E-state index contributed by atoms with van der Waals surface area (Å²) < 4.78 is 9.79. The molecule has 1 aliphatic rings. The van der Waals surface area contributed by atoms with E-state index in [1.165, 1.54) is 0 Å². The van der Waals surface area contributed by atoms with Crippen LogP contribution in [-0.2, 0) is 10.3 Å². The zero-order valence-corrected chi connectivity index (χ0v) is 12.6. The topological polar surface area (TPSA) is 177 Å². The van der Waals surface area contributed by atoms with E-state index in [1.54, 1.807) is 0 Å². The number of aromatic carboxylic acids is 1. The maximum Gasteiger partial charge on any atom is 0.343 e. The van der Waals surface area contributed by atoms with Crippen LogP contribution in [0.25, 0.3) is 0 Å². The molecule has 0 radical (unpaired) electrons. The van der Waals surface area contributed by atoms with Gasteiger partial charge >= 0.3 is 5.97 Å². The Morgan fingerprint density at radius 1 is 1.38 bits per heavy atom. The van der Waals surface area contributed by atoms with E-state index in [2.05, 4.69) is 0 Å². The third-order valence-corrected chi connectivity index (χ3v) is 4.06. The highest BCUT2D eigenvalue weighted by Gasteiger charge is 2.54. The van der Waals surface area contributed by atoms with Gasteiger partial charge in [-0.2, -0.15) is 0 Å². The Hall–Kier alpha value is -2.11. The summed E-state index contributed by atoms with van der Waals surface area (Å²) in [6.45, 7) is -1.19. The lowest BCUT2D eigenvalue weighted by atomic mass is 9.78. The summed E-state index contributed by atoms with van der Waals surface area (Å²) in [5.74, 6) is -4.06. The molecule has 134 valence electrons. The van der Waals surface area contributed by atoms with Crippen LogP contribution in [0, 0.1) is 0 Å². The molecule has 10 heteroatoms. The van der Waals surface area contributed by atoms with Gasteiger partial charge in [0.2, 0.25) is 0 Å². The van der Waals surface area contributed by atoms with Gasteiger partial charge in [0.15, 0.2) is 11.5 Å². The summed E-state index contributed by atoms with van der Waals surface area (Å²) in [6, 6.07) is 0.892. The predicted molar refractivity (Wildman–Crippen MR) is 76.0 cm³/mol. The van der Waals surface area contributed by atoms with Crippen molar-refractivity contribution >= 4 is 5.97 Å². The molecule has 0 amide bonds. The number of benzene rings is 1. The lowest BCUT2D eigenvalue weighted by Crippen LogP contribution is -2.61. The number of hydrogen-bond acceptors (Lipinski definition) is 9. The number of aliphatic hydroxyl groups is 4. The molecule has 2 rings (SSSR count). The van der Waals surface area contributed by atoms with Gasteiger partial charge in [-0.25, -0.2) is 4.79 Å². The van der Waals surface area contributed by atoms with Gasteiger partial charge < -0.3 is 45.2 Å². The largest absolute Gasteiger partial charge is 0.506 e. The van der Waals surface area contributed by atoms with Gasteiger partial charge in [-0.05, 0) is 6.07 Å². The first kappa shape index (κ1) is 18.2. The number of ether oxygens (including phenoxy) is 2. The summed E-state index contributed by atoms with van der Waals surface area (Å²) in [4.78, 5) is 11.3. The van der Waals surface area contributed by atoms with Crippen molar-refractivity contribution < 1.29 is 50.0 Å². The van der Waals surface area contributed by atoms with E-state index in [-0.39, 0.29) is 0 Å². The molecule has 1 heterocycles. The average Bonchev–Trinajstić information content (AvgIpc) is 2.53. The molecule has 24 heavy (non-hydrogen) atoms. The van der Waals surface area contributed by atoms with Gasteiger partial charge in [0, 0.05) is 5.56 Å². The number of phenols is 2. The van der Waals surface area contributed by atoms with Crippen molar-refractivity contribution in [2.75, 3.05) is 20.3 Å². The zero-order chi connectivity index (χ0) is 18.2. The van der Waals surface area contributed by atoms with Crippen molar-refractivity contribution in [1.29, 1.82) is 0 Å². The monoisotopic (exact) mass is 346 g/mol. The van der Waals surface area contributed by atoms with Gasteiger partial charge in [0.05, 0.1) is 20.3 Å². The van der Waals surface area contributed by atoms with Crippen molar-refractivity contribution in [3.8, 4) is 17.2 Å². The molecule has 1 aliphatic heterocycles. The van der Waals surface area contributed by atoms with Crippen LogP contribution in [0.4, 0.5) is 0 Å². The van der Waals surface area contributed by atoms with Crippen molar-refractivity contribution in [2.45, 2.75) is 23.9 Å². The van der Waals surface area contributed by atoms with E-state index in [9.17, 15) is 35.4 Å². The fourth-order valence-electron chi connectivity index (χ4n) is 2.71. The minimum atomic E-state index is -2.57. The van der Waals surface area contributed by atoms with Gasteiger partial charge in [0.1, 0.15) is 35.2 Å². The number of rotatable bonds is 4. The first-order valence-corrected chi connectivity index (χ1v) is 6.87. The van der Waals surface area contributed by atoms with E-state index in [4.69, 9.17) is 14.6 Å². The molecule has 0 unspecified atom stereocenters. The SMILES string of the molecule is COc1cc([C@@]2(O)[C@H](O)[C@@H](CO)OC[C@@H]2O)c(O)c(C(=O)O)c1O. The third kappa shape index (κ3) is 2.54. The quantitative estimate of drug-likeness (QED) is 0.326. The Morgan fingerprint density at radius 3 is 2.50 bits per heavy atom. The summed E-state index contributed by atoms with van der Waals surface area (Å²) in [7, 11) is 1.11. The number of methoxy groups -OCH3 is 1. The Labute approximate surface area is 135 Å². The molecule has 7 N–H and O–H groups in total. The fourth-order valence-corrected chi connectivity index (χ4v) is 2.71. The van der Waals surface area contributed by atoms with E-state index < -0.39 is 71.5 Å². The number of carboxylic acids is 1. The second-order valence-corrected chi connectivity index (χ2v) is 5.34. The molecule has 1 fully saturated rings. The Bertz CT molecular complexity index is 645. The van der Waals surface area contributed by atoms with Gasteiger partial charge in [-0.1, -0.05) is 0 Å². The molecule has 1 saturated heterocycles. The Balaban J connectivity index is 2.73. The lowest BCUT2D eigenvalue weighted by Gasteiger charge is -2.44. The molecular formula is C14H18O10. The summed E-state index contributed by atoms with van der Waals surface area (Å²) in [5.41, 5.74) is -4.12. The molecular weight excluding hydrogens is 328 g/mol. The normalized spacial score (nSPS) is 30.1. The fraction of sp³-hybridized carbons (Fsp3) is 0.500. The van der Waals surface area contributed by atoms with E-state index in [1.807, 2.05) is 0 Å². The molecule has 1 aromatic rings. The second-order valence-electron chi connectivity index (χ2n) is 5.34. The van der Waals surface area contributed by atoms with Gasteiger partial charge in [-0.15, -0.1) is 0 Å². The molecule has 10 nitrogen and oxygen atoms in total. The van der Waals surface area contributed by atoms with Crippen LogP contribution in [-0.4, -0.2) is 80.4 Å². The zero-order valence-electron chi connectivity index (χ0n) is 12.6. The smallest absolute Gasteiger partial charge is 0.343 e. The number of carbonyl (C=O) groups is 1. The van der Waals surface area contributed by atoms with Crippen molar-refractivity contribution in [1.82, 2.24) is 0 Å². The van der Waals surface area contributed by atoms with Crippen LogP contribution >= 0.6 is 0 Å². The molecule has 0 bridgehead atoms. The molecule has 1 aromatic carbocycles. The summed E-state index contributed by atoms with van der Waals surface area (Å²) in [6.07, 6.45) is -4.93. The van der Waals surface area contributed by atoms with E-state index in [0.29, 0.717) is 0 Å². The van der Waals surface area contributed by atoms with Crippen LogP contribution in [0.5, 0.6) is 17.2 Å². The maximum atomic E-state index is 11.3. The second kappa shape index (κ2) is 6.42. The minimum absolute atomic E-state index is 0.403. The summed E-state index contributed by atoms with van der Waals surface area (Å²) in [5, 5.41) is 69.5. The van der Waals surface area contributed by atoms with E-state index >= 15 is 0 Å². The van der Waals surface area contributed by atoms with E-state index in [0.717, 1.165) is 13.2 Å². The highest BCUT2D eigenvalue weighted by atomic mass is 16.5. The molecule has 4 atom stereocenters. The number of hydrogen-bond donors (Lipinski definition) is 7. The predicted octanol–water partition coefficient (Wildman–Crippen LogP) is -1.89. The maximum absolute atomic E-state index is 11.3. The first-order chi connectivity index (χ1) is 11.2. The molecule has 0 aliphatic carbocycles. The van der Waals surface area contributed by atoms with Crippen molar-refractivity contribution in [3.63, 3.8) is 0 Å². The van der Waals surface area contributed by atoms with Crippen LogP contribution < -0.4 is 4.74 Å². The average molecular weight is 346 g/mol. The highest BCUT2D eigenvalue weighted by molar-refractivity contribution is 5.95. The van der Waals surface area contributed by atoms with Crippen LogP contribution in [0.15, 0.2) is 6.07 Å². The Morgan fingerprint density at radius 2 is 2.00 bits per heavy atom. The molecule has 0 aromatic heterocycles. The molecule has 0 saturated carbocycles. The van der Waals surface area contributed by atoms with Crippen LogP contribution in [0.2, 0.25) is 0 Å². The number of aliphatic hydroxyl groups excluding tert-OH is 3. The van der Waals surface area contributed by atoms with Crippen LogP contribution in [0.3, 0.4) is 0 Å². The van der Waals surface area contributed by atoms with Crippen molar-refractivity contribution in [2.24, 2.45) is 0 Å². The standard InChI is InChI=1S/C14H18O10/c1-23-6-2-5(10(17)9(11(6)18)13(20)21)14(22)8(16)4-24-7(3-15)12(14)19/h2,7-8,12,15-19,22H,3-4H2,1H3,(H,20,21)/t7-,8+,12-,14+/m1/s1. The summed E-state index contributed by atoms with van der Waals surface area (Å²) >= 11 is 0. The van der Waals surface area contributed by atoms with Crippen LogP contribution in [0.1, 0.15) is 15.9 Å². The highest BCUT2D eigenvalue weighted by Crippen LogP contribution is 2.46.